The molecule has 0 spiro atoms. The fraction of sp³-hybridized carbons (Fsp3) is 0.438. The first-order valence-corrected chi connectivity index (χ1v) is 7.43. The summed E-state index contributed by atoms with van der Waals surface area (Å²) in [5.74, 6) is -0.130. The highest BCUT2D eigenvalue weighted by Gasteiger charge is 2.26. The number of carbonyl (C=O) groups is 1. The molecule has 1 N–H and O–H groups in total. The highest BCUT2D eigenvalue weighted by Crippen LogP contribution is 2.19. The summed E-state index contributed by atoms with van der Waals surface area (Å²) in [6.07, 6.45) is 5.51. The molecule has 3 rings (SSSR count). The summed E-state index contributed by atoms with van der Waals surface area (Å²) in [7, 11) is 0. The van der Waals surface area contributed by atoms with Crippen molar-refractivity contribution < 1.29 is 9.90 Å². The molecule has 1 unspecified atom stereocenters. The lowest BCUT2D eigenvalue weighted by atomic mass is 10.1. The number of nitrogens with zero attached hydrogens (tertiary/aromatic N) is 3. The van der Waals surface area contributed by atoms with E-state index >= 15 is 0 Å². The molecule has 1 saturated heterocycles. The van der Waals surface area contributed by atoms with Gasteiger partial charge in [-0.25, -0.2) is 4.98 Å². The molecule has 21 heavy (non-hydrogen) atoms. The summed E-state index contributed by atoms with van der Waals surface area (Å²) in [4.78, 5) is 23.1. The summed E-state index contributed by atoms with van der Waals surface area (Å²) >= 11 is 0. The average molecular weight is 285 g/mol. The number of hydrogen-bond acceptors (Lipinski definition) is 4. The third-order valence-electron chi connectivity index (χ3n) is 4.02. The van der Waals surface area contributed by atoms with Crippen LogP contribution >= 0.6 is 0 Å². The van der Waals surface area contributed by atoms with Crippen molar-refractivity contribution in [2.75, 3.05) is 13.2 Å². The van der Waals surface area contributed by atoms with E-state index in [0.29, 0.717) is 12.2 Å². The van der Waals surface area contributed by atoms with Gasteiger partial charge in [-0.1, -0.05) is 25.0 Å². The Labute approximate surface area is 123 Å². The minimum absolute atomic E-state index is 0.00670. The Morgan fingerprint density at radius 3 is 2.86 bits per heavy atom. The molecule has 0 aliphatic carbocycles. The number of benzene rings is 1. The second kappa shape index (κ2) is 6.18. The smallest absolute Gasteiger partial charge is 0.274 e. The van der Waals surface area contributed by atoms with Crippen molar-refractivity contribution in [2.45, 2.75) is 31.7 Å². The first-order chi connectivity index (χ1) is 10.3. The van der Waals surface area contributed by atoms with E-state index in [1.165, 1.54) is 6.20 Å². The van der Waals surface area contributed by atoms with Crippen molar-refractivity contribution in [1.29, 1.82) is 0 Å². The molecule has 5 nitrogen and oxygen atoms in total. The Morgan fingerprint density at radius 1 is 1.24 bits per heavy atom. The van der Waals surface area contributed by atoms with Crippen LogP contribution in [0.3, 0.4) is 0 Å². The molecule has 0 saturated carbocycles. The summed E-state index contributed by atoms with van der Waals surface area (Å²) in [5.41, 5.74) is 1.86. The van der Waals surface area contributed by atoms with Crippen LogP contribution in [0.5, 0.6) is 0 Å². The molecule has 0 bridgehead atoms. The van der Waals surface area contributed by atoms with Gasteiger partial charge in [-0.3, -0.25) is 9.78 Å². The number of carbonyl (C=O) groups excluding carboxylic acids is 1. The van der Waals surface area contributed by atoms with Gasteiger partial charge in [0.05, 0.1) is 29.9 Å². The maximum Gasteiger partial charge on any atom is 0.274 e. The van der Waals surface area contributed by atoms with Crippen LogP contribution in [0.25, 0.3) is 11.0 Å². The Morgan fingerprint density at radius 2 is 2.05 bits per heavy atom. The van der Waals surface area contributed by atoms with E-state index in [1.54, 1.807) is 4.90 Å². The van der Waals surface area contributed by atoms with Crippen LogP contribution in [0, 0.1) is 0 Å². The monoisotopic (exact) mass is 285 g/mol. The Hall–Kier alpha value is -2.01. The summed E-state index contributed by atoms with van der Waals surface area (Å²) < 4.78 is 0. The molecule has 1 aliphatic heterocycles. The summed E-state index contributed by atoms with van der Waals surface area (Å²) in [6, 6.07) is 7.40. The van der Waals surface area contributed by atoms with Crippen LogP contribution in [-0.4, -0.2) is 45.1 Å². The van der Waals surface area contributed by atoms with E-state index < -0.39 is 0 Å². The van der Waals surface area contributed by atoms with Gasteiger partial charge in [0, 0.05) is 6.54 Å². The number of para-hydroxylation sites is 2. The van der Waals surface area contributed by atoms with Gasteiger partial charge < -0.3 is 10.0 Å². The molecule has 1 atom stereocenters. The molecule has 1 aromatic heterocycles. The number of aliphatic hydroxyl groups excluding tert-OH is 1. The lowest BCUT2D eigenvalue weighted by Crippen LogP contribution is -2.42. The molecule has 1 amide bonds. The van der Waals surface area contributed by atoms with Gasteiger partial charge in [0.2, 0.25) is 0 Å². The predicted molar refractivity (Wildman–Crippen MR) is 79.9 cm³/mol. The Balaban J connectivity index is 1.90. The molecule has 2 heterocycles. The maximum absolute atomic E-state index is 12.7. The van der Waals surface area contributed by atoms with Crippen molar-refractivity contribution >= 4 is 16.9 Å². The van der Waals surface area contributed by atoms with Crippen molar-refractivity contribution in [2.24, 2.45) is 0 Å². The van der Waals surface area contributed by atoms with Crippen molar-refractivity contribution in [1.82, 2.24) is 14.9 Å². The lowest BCUT2D eigenvalue weighted by Gasteiger charge is -2.28. The van der Waals surface area contributed by atoms with Crippen LogP contribution in [0.4, 0.5) is 0 Å². The fourth-order valence-corrected chi connectivity index (χ4v) is 2.84. The topological polar surface area (TPSA) is 66.3 Å². The lowest BCUT2D eigenvalue weighted by molar-refractivity contribution is 0.0594. The SMILES string of the molecule is O=C(c1cnc2ccccc2n1)N1CCCCCC1CO. The Kier molecular flexibility index (Phi) is 4.10. The van der Waals surface area contributed by atoms with E-state index in [0.717, 1.165) is 36.7 Å². The molecule has 2 aromatic rings. The van der Waals surface area contributed by atoms with Gasteiger partial charge in [0.15, 0.2) is 0 Å². The highest BCUT2D eigenvalue weighted by atomic mass is 16.3. The number of aromatic nitrogens is 2. The van der Waals surface area contributed by atoms with Crippen LogP contribution in [0.2, 0.25) is 0 Å². The zero-order chi connectivity index (χ0) is 14.7. The van der Waals surface area contributed by atoms with Crippen molar-refractivity contribution in [3.63, 3.8) is 0 Å². The zero-order valence-corrected chi connectivity index (χ0v) is 11.9. The highest BCUT2D eigenvalue weighted by molar-refractivity contribution is 5.94. The number of fused-ring (bicyclic) bond motifs is 1. The van der Waals surface area contributed by atoms with Crippen molar-refractivity contribution in [3.05, 3.63) is 36.2 Å². The quantitative estimate of drug-likeness (QED) is 0.916. The third kappa shape index (κ3) is 2.88. The second-order valence-electron chi connectivity index (χ2n) is 5.43. The second-order valence-corrected chi connectivity index (χ2v) is 5.43. The van der Waals surface area contributed by atoms with E-state index in [4.69, 9.17) is 0 Å². The molecule has 5 heteroatoms. The molecule has 1 fully saturated rings. The Bertz CT molecular complexity index is 644. The van der Waals surface area contributed by atoms with Crippen LogP contribution in [0.15, 0.2) is 30.5 Å². The maximum atomic E-state index is 12.7. The minimum atomic E-state index is -0.130. The summed E-state index contributed by atoms with van der Waals surface area (Å²) in [6.45, 7) is 0.686. The van der Waals surface area contributed by atoms with E-state index in [1.807, 2.05) is 24.3 Å². The van der Waals surface area contributed by atoms with Gasteiger partial charge in [-0.05, 0) is 25.0 Å². The molecule has 1 aromatic carbocycles. The summed E-state index contributed by atoms with van der Waals surface area (Å²) in [5, 5.41) is 9.52. The zero-order valence-electron chi connectivity index (χ0n) is 11.9. The van der Waals surface area contributed by atoms with Crippen LogP contribution in [0.1, 0.15) is 36.2 Å². The van der Waals surface area contributed by atoms with Crippen LogP contribution < -0.4 is 0 Å². The average Bonchev–Trinajstić information content (AvgIpc) is 2.79. The van der Waals surface area contributed by atoms with E-state index in [-0.39, 0.29) is 18.6 Å². The number of likely N-dealkylation sites (tertiary alicyclic amines) is 1. The third-order valence-corrected chi connectivity index (χ3v) is 4.02. The van der Waals surface area contributed by atoms with Gasteiger partial charge in [-0.15, -0.1) is 0 Å². The first kappa shape index (κ1) is 13.9. The van der Waals surface area contributed by atoms with Crippen molar-refractivity contribution in [3.8, 4) is 0 Å². The molecular formula is C16H19N3O2. The van der Waals surface area contributed by atoms with E-state index in [2.05, 4.69) is 9.97 Å². The largest absolute Gasteiger partial charge is 0.394 e. The van der Waals surface area contributed by atoms with Gasteiger partial charge in [0.25, 0.3) is 5.91 Å². The number of hydrogen-bond donors (Lipinski definition) is 1. The normalized spacial score (nSPS) is 19.5. The minimum Gasteiger partial charge on any atom is -0.394 e. The fourth-order valence-electron chi connectivity index (χ4n) is 2.84. The molecular weight excluding hydrogens is 266 g/mol. The van der Waals surface area contributed by atoms with Gasteiger partial charge >= 0.3 is 0 Å². The number of aliphatic hydroxyl groups is 1. The molecule has 0 radical (unpaired) electrons. The van der Waals surface area contributed by atoms with Crippen LogP contribution in [-0.2, 0) is 0 Å². The molecule has 110 valence electrons. The predicted octanol–water partition coefficient (Wildman–Crippen LogP) is 2.01. The first-order valence-electron chi connectivity index (χ1n) is 7.43. The van der Waals surface area contributed by atoms with E-state index in [9.17, 15) is 9.90 Å². The number of amides is 1. The standard InChI is InChI=1S/C16H19N3O2/c20-11-12-6-2-1-5-9-19(12)16(21)15-10-17-13-7-3-4-8-14(13)18-15/h3-4,7-8,10,12,20H,1-2,5-6,9,11H2. The van der Waals surface area contributed by atoms with Gasteiger partial charge in [-0.2, -0.15) is 0 Å². The van der Waals surface area contributed by atoms with Gasteiger partial charge in [0.1, 0.15) is 5.69 Å². The number of rotatable bonds is 2. The molecule has 1 aliphatic rings.